The van der Waals surface area contributed by atoms with Crippen LogP contribution in [0.3, 0.4) is 0 Å². The molecule has 5 heteroatoms. The fourth-order valence-electron chi connectivity index (χ4n) is 1.25. The van der Waals surface area contributed by atoms with Gasteiger partial charge in [0.2, 0.25) is 10.0 Å². The minimum atomic E-state index is -3.70. The number of primary sulfonamides is 1. The highest BCUT2D eigenvalue weighted by Crippen LogP contribution is 2.22. The molecule has 0 saturated carbocycles. The molecule has 0 bridgehead atoms. The van der Waals surface area contributed by atoms with E-state index in [0.717, 1.165) is 0 Å². The molecule has 0 aliphatic carbocycles. The van der Waals surface area contributed by atoms with Crippen molar-refractivity contribution in [3.05, 3.63) is 29.8 Å². The molecule has 0 aliphatic heterocycles. The molecule has 4 nitrogen and oxygen atoms in total. The molecule has 0 spiro atoms. The first-order valence-electron chi connectivity index (χ1n) is 4.19. The van der Waals surface area contributed by atoms with Crippen LogP contribution in [-0.2, 0) is 10.0 Å². The third kappa shape index (κ3) is 2.31. The number of benzene rings is 1. The fraction of sp³-hybridized carbons (Fsp3) is 0.333. The Bertz CT molecular complexity index is 414. The molecule has 1 aromatic carbocycles. The third-order valence-electron chi connectivity index (χ3n) is 2.03. The largest absolute Gasteiger partial charge is 0.396 e. The predicted molar refractivity (Wildman–Crippen MR) is 53.3 cm³/mol. The van der Waals surface area contributed by atoms with Crippen LogP contribution in [0.25, 0.3) is 0 Å². The van der Waals surface area contributed by atoms with Crippen molar-refractivity contribution in [3.8, 4) is 0 Å². The van der Waals surface area contributed by atoms with Gasteiger partial charge >= 0.3 is 0 Å². The van der Waals surface area contributed by atoms with E-state index in [1.54, 1.807) is 25.1 Å². The number of rotatable bonds is 3. The molecule has 0 unspecified atom stereocenters. The summed E-state index contributed by atoms with van der Waals surface area (Å²) in [5.41, 5.74) is 0.553. The summed E-state index contributed by atoms with van der Waals surface area (Å²) < 4.78 is 22.3. The number of aliphatic hydroxyl groups excluding tert-OH is 1. The van der Waals surface area contributed by atoms with Crippen LogP contribution in [0.5, 0.6) is 0 Å². The molecule has 14 heavy (non-hydrogen) atoms. The molecule has 1 atom stereocenters. The molecule has 3 N–H and O–H groups in total. The van der Waals surface area contributed by atoms with Gasteiger partial charge in [0, 0.05) is 12.5 Å². The van der Waals surface area contributed by atoms with Gasteiger partial charge in [-0.05, 0) is 11.6 Å². The fourth-order valence-corrected chi connectivity index (χ4v) is 2.11. The lowest BCUT2D eigenvalue weighted by Crippen LogP contribution is -2.16. The number of aliphatic hydroxyl groups is 1. The molecule has 0 aromatic heterocycles. The van der Waals surface area contributed by atoms with E-state index in [1.807, 2.05) is 0 Å². The van der Waals surface area contributed by atoms with E-state index >= 15 is 0 Å². The zero-order valence-corrected chi connectivity index (χ0v) is 8.66. The Morgan fingerprint density at radius 1 is 1.43 bits per heavy atom. The van der Waals surface area contributed by atoms with Crippen molar-refractivity contribution in [1.29, 1.82) is 0 Å². The molecular formula is C9H13NO3S. The van der Waals surface area contributed by atoms with E-state index in [-0.39, 0.29) is 17.4 Å². The molecular weight excluding hydrogens is 202 g/mol. The van der Waals surface area contributed by atoms with Crippen molar-refractivity contribution in [2.75, 3.05) is 6.61 Å². The summed E-state index contributed by atoms with van der Waals surface area (Å²) in [5, 5.41) is 14.0. The maximum absolute atomic E-state index is 11.2. The lowest BCUT2D eigenvalue weighted by Gasteiger charge is -2.12. The van der Waals surface area contributed by atoms with Gasteiger partial charge in [-0.2, -0.15) is 0 Å². The van der Waals surface area contributed by atoms with Gasteiger partial charge in [0.1, 0.15) is 0 Å². The van der Waals surface area contributed by atoms with Crippen LogP contribution < -0.4 is 5.14 Å². The van der Waals surface area contributed by atoms with Gasteiger partial charge in [-0.1, -0.05) is 25.1 Å². The Labute approximate surface area is 83.4 Å². The summed E-state index contributed by atoms with van der Waals surface area (Å²) in [7, 11) is -3.70. The Balaban J connectivity index is 3.30. The maximum Gasteiger partial charge on any atom is 0.238 e. The van der Waals surface area contributed by atoms with Crippen molar-refractivity contribution in [1.82, 2.24) is 0 Å². The number of hydrogen-bond acceptors (Lipinski definition) is 3. The number of sulfonamides is 1. The first-order valence-corrected chi connectivity index (χ1v) is 5.74. The molecule has 0 heterocycles. The van der Waals surface area contributed by atoms with Gasteiger partial charge in [0.25, 0.3) is 0 Å². The van der Waals surface area contributed by atoms with Gasteiger partial charge < -0.3 is 5.11 Å². The zero-order valence-electron chi connectivity index (χ0n) is 7.84. The topological polar surface area (TPSA) is 80.4 Å². The molecule has 1 aromatic rings. The number of nitrogens with two attached hydrogens (primary N) is 1. The Morgan fingerprint density at radius 3 is 2.50 bits per heavy atom. The van der Waals surface area contributed by atoms with Gasteiger partial charge in [-0.15, -0.1) is 0 Å². The van der Waals surface area contributed by atoms with Gasteiger partial charge in [-0.25, -0.2) is 13.6 Å². The molecule has 78 valence electrons. The molecule has 1 rings (SSSR count). The van der Waals surface area contributed by atoms with Crippen molar-refractivity contribution in [2.45, 2.75) is 17.7 Å². The van der Waals surface area contributed by atoms with Crippen molar-refractivity contribution < 1.29 is 13.5 Å². The van der Waals surface area contributed by atoms with Gasteiger partial charge in [0.15, 0.2) is 0 Å². The summed E-state index contributed by atoms with van der Waals surface area (Å²) in [6, 6.07) is 6.42. The predicted octanol–water partition coefficient (Wildman–Crippen LogP) is 0.430. The van der Waals surface area contributed by atoms with Gasteiger partial charge in [-0.3, -0.25) is 0 Å². The summed E-state index contributed by atoms with van der Waals surface area (Å²) in [6.45, 7) is 1.64. The van der Waals surface area contributed by atoms with Crippen LogP contribution in [0.1, 0.15) is 18.4 Å². The quantitative estimate of drug-likeness (QED) is 0.767. The molecule has 0 radical (unpaired) electrons. The van der Waals surface area contributed by atoms with Crippen LogP contribution in [0.2, 0.25) is 0 Å². The first-order chi connectivity index (χ1) is 6.46. The summed E-state index contributed by atoms with van der Waals surface area (Å²) in [5.74, 6) is -0.232. The maximum atomic E-state index is 11.2. The standard InChI is InChI=1S/C9H13NO3S/c1-7(6-11)8-4-2-3-5-9(8)14(10,12)13/h2-5,7,11H,6H2,1H3,(H2,10,12,13)/t7-/m1/s1. The normalized spacial score (nSPS) is 13.9. The van der Waals surface area contributed by atoms with E-state index in [9.17, 15) is 8.42 Å². The summed E-state index contributed by atoms with van der Waals surface area (Å²) >= 11 is 0. The average Bonchev–Trinajstić information content (AvgIpc) is 2.15. The second-order valence-corrected chi connectivity index (χ2v) is 4.70. The Hall–Kier alpha value is -0.910. The van der Waals surface area contributed by atoms with Crippen LogP contribution in [-0.4, -0.2) is 20.1 Å². The number of hydrogen-bond donors (Lipinski definition) is 2. The van der Waals surface area contributed by atoms with E-state index in [0.29, 0.717) is 5.56 Å². The van der Waals surface area contributed by atoms with Gasteiger partial charge in [0.05, 0.1) is 4.90 Å². The lowest BCUT2D eigenvalue weighted by molar-refractivity contribution is 0.272. The Kier molecular flexibility index (Phi) is 3.25. The van der Waals surface area contributed by atoms with Crippen molar-refractivity contribution in [2.24, 2.45) is 5.14 Å². The highest BCUT2D eigenvalue weighted by molar-refractivity contribution is 7.89. The molecule has 0 aliphatic rings. The van der Waals surface area contributed by atoms with E-state index in [4.69, 9.17) is 10.2 Å². The van der Waals surface area contributed by atoms with E-state index in [2.05, 4.69) is 0 Å². The highest BCUT2D eigenvalue weighted by Gasteiger charge is 2.16. The van der Waals surface area contributed by atoms with Crippen molar-refractivity contribution >= 4 is 10.0 Å². The van der Waals surface area contributed by atoms with Crippen LogP contribution in [0.4, 0.5) is 0 Å². The van der Waals surface area contributed by atoms with Crippen LogP contribution in [0.15, 0.2) is 29.2 Å². The average molecular weight is 215 g/mol. The SMILES string of the molecule is C[C@H](CO)c1ccccc1S(N)(=O)=O. The molecule has 0 saturated heterocycles. The second-order valence-electron chi connectivity index (χ2n) is 3.17. The summed E-state index contributed by atoms with van der Waals surface area (Å²) in [4.78, 5) is 0.0848. The van der Waals surface area contributed by atoms with E-state index in [1.165, 1.54) is 6.07 Å². The highest BCUT2D eigenvalue weighted by atomic mass is 32.2. The zero-order chi connectivity index (χ0) is 10.8. The second kappa shape index (κ2) is 4.08. The third-order valence-corrected chi connectivity index (χ3v) is 3.02. The lowest BCUT2D eigenvalue weighted by atomic mass is 10.0. The van der Waals surface area contributed by atoms with Crippen molar-refractivity contribution in [3.63, 3.8) is 0 Å². The van der Waals surface area contributed by atoms with E-state index < -0.39 is 10.0 Å². The van der Waals surface area contributed by atoms with Crippen LogP contribution >= 0.6 is 0 Å². The summed E-state index contributed by atoms with van der Waals surface area (Å²) in [6.07, 6.45) is 0. The molecule has 0 amide bonds. The monoisotopic (exact) mass is 215 g/mol. The molecule has 0 fully saturated rings. The minimum absolute atomic E-state index is 0.0848. The first kappa shape index (κ1) is 11.2. The Morgan fingerprint density at radius 2 is 2.00 bits per heavy atom. The smallest absolute Gasteiger partial charge is 0.238 e. The minimum Gasteiger partial charge on any atom is -0.396 e. The van der Waals surface area contributed by atoms with Crippen LogP contribution in [0, 0.1) is 0 Å².